The van der Waals surface area contributed by atoms with Gasteiger partial charge in [0.15, 0.2) is 0 Å². The summed E-state index contributed by atoms with van der Waals surface area (Å²) < 4.78 is 28.4. The standard InChI is InChI=1S/C13H28O5Si/c1-6-7-9-18-13(11(2)12-8-10-17-12)19(14-3,15-4)16-5/h11-13H,6-10H2,1-5H3. The van der Waals surface area contributed by atoms with Crippen molar-refractivity contribution in [2.75, 3.05) is 34.5 Å². The molecule has 1 saturated heterocycles. The highest BCUT2D eigenvalue weighted by atomic mass is 28.4. The van der Waals surface area contributed by atoms with Crippen LogP contribution in [0.15, 0.2) is 0 Å². The van der Waals surface area contributed by atoms with E-state index in [2.05, 4.69) is 13.8 Å². The summed E-state index contributed by atoms with van der Waals surface area (Å²) in [7, 11) is 2.08. The highest BCUT2D eigenvalue weighted by molar-refractivity contribution is 6.62. The molecule has 0 aliphatic carbocycles. The molecule has 0 bridgehead atoms. The van der Waals surface area contributed by atoms with Gasteiger partial charge in [-0.15, -0.1) is 0 Å². The molecule has 19 heavy (non-hydrogen) atoms. The average Bonchev–Trinajstić information content (AvgIpc) is 2.37. The first-order valence-corrected chi connectivity index (χ1v) is 8.84. The summed E-state index contributed by atoms with van der Waals surface area (Å²) in [6.07, 6.45) is 3.41. The molecular weight excluding hydrogens is 264 g/mol. The molecule has 0 amide bonds. The van der Waals surface area contributed by atoms with E-state index in [1.54, 1.807) is 21.3 Å². The van der Waals surface area contributed by atoms with E-state index in [4.69, 9.17) is 22.8 Å². The molecule has 0 N–H and O–H groups in total. The first-order valence-electron chi connectivity index (χ1n) is 7.03. The fraction of sp³-hybridized carbons (Fsp3) is 1.00. The van der Waals surface area contributed by atoms with Gasteiger partial charge in [0.1, 0.15) is 5.73 Å². The molecule has 1 aliphatic rings. The van der Waals surface area contributed by atoms with Crippen LogP contribution in [0.1, 0.15) is 33.1 Å². The molecule has 5 nitrogen and oxygen atoms in total. The Morgan fingerprint density at radius 3 is 2.16 bits per heavy atom. The van der Waals surface area contributed by atoms with Crippen LogP contribution in [0.4, 0.5) is 0 Å². The fourth-order valence-electron chi connectivity index (χ4n) is 2.39. The van der Waals surface area contributed by atoms with Crippen LogP contribution < -0.4 is 0 Å². The van der Waals surface area contributed by atoms with Crippen molar-refractivity contribution < 1.29 is 22.8 Å². The van der Waals surface area contributed by atoms with Gasteiger partial charge in [-0.3, -0.25) is 0 Å². The Hall–Kier alpha value is 0.0169. The monoisotopic (exact) mass is 292 g/mol. The van der Waals surface area contributed by atoms with Crippen molar-refractivity contribution in [2.24, 2.45) is 5.92 Å². The molecule has 1 fully saturated rings. The van der Waals surface area contributed by atoms with E-state index < -0.39 is 8.80 Å². The summed E-state index contributed by atoms with van der Waals surface area (Å²) >= 11 is 0. The predicted molar refractivity (Wildman–Crippen MR) is 75.0 cm³/mol. The van der Waals surface area contributed by atoms with Gasteiger partial charge in [0.2, 0.25) is 0 Å². The second kappa shape index (κ2) is 8.34. The molecule has 1 rings (SSSR count). The maximum Gasteiger partial charge on any atom is 0.531 e. The molecule has 1 aliphatic heterocycles. The number of ether oxygens (including phenoxy) is 2. The van der Waals surface area contributed by atoms with E-state index >= 15 is 0 Å². The number of rotatable bonds is 10. The lowest BCUT2D eigenvalue weighted by Crippen LogP contribution is -2.61. The molecule has 0 radical (unpaired) electrons. The van der Waals surface area contributed by atoms with E-state index in [1.807, 2.05) is 0 Å². The molecule has 0 spiro atoms. The number of hydrogen-bond acceptors (Lipinski definition) is 5. The Kier molecular flexibility index (Phi) is 7.49. The first-order chi connectivity index (χ1) is 9.15. The van der Waals surface area contributed by atoms with Crippen molar-refractivity contribution in [1.82, 2.24) is 0 Å². The van der Waals surface area contributed by atoms with Crippen LogP contribution in [0.2, 0.25) is 0 Å². The van der Waals surface area contributed by atoms with Crippen molar-refractivity contribution in [1.29, 1.82) is 0 Å². The van der Waals surface area contributed by atoms with Gasteiger partial charge >= 0.3 is 8.80 Å². The molecular formula is C13H28O5Si. The maximum atomic E-state index is 6.05. The molecule has 0 aromatic carbocycles. The van der Waals surface area contributed by atoms with E-state index in [1.165, 1.54) is 0 Å². The summed E-state index contributed by atoms with van der Waals surface area (Å²) in [5.74, 6) is 0.206. The Balaban J connectivity index is 2.75. The molecule has 6 heteroatoms. The predicted octanol–water partition coefficient (Wildman–Crippen LogP) is 2.01. The van der Waals surface area contributed by atoms with Crippen LogP contribution in [0.25, 0.3) is 0 Å². The van der Waals surface area contributed by atoms with E-state index in [-0.39, 0.29) is 17.7 Å². The molecule has 114 valence electrons. The number of hydrogen-bond donors (Lipinski definition) is 0. The van der Waals surface area contributed by atoms with Crippen LogP contribution in [-0.4, -0.2) is 55.2 Å². The number of unbranched alkanes of at least 4 members (excludes halogenated alkanes) is 1. The normalized spacial score (nSPS) is 22.9. The van der Waals surface area contributed by atoms with E-state index in [0.717, 1.165) is 25.9 Å². The molecule has 0 aromatic heterocycles. The van der Waals surface area contributed by atoms with Crippen LogP contribution >= 0.6 is 0 Å². The Labute approximate surface area is 117 Å². The molecule has 3 unspecified atom stereocenters. The Morgan fingerprint density at radius 1 is 1.21 bits per heavy atom. The second-order valence-corrected chi connectivity index (χ2v) is 7.92. The van der Waals surface area contributed by atoms with Gasteiger partial charge in [0, 0.05) is 40.5 Å². The third-order valence-electron chi connectivity index (χ3n) is 3.80. The molecule has 3 atom stereocenters. The van der Waals surface area contributed by atoms with Gasteiger partial charge in [-0.25, -0.2) is 0 Å². The van der Waals surface area contributed by atoms with Crippen molar-refractivity contribution in [2.45, 2.75) is 44.9 Å². The van der Waals surface area contributed by atoms with Crippen LogP contribution in [0.5, 0.6) is 0 Å². The zero-order valence-electron chi connectivity index (χ0n) is 12.8. The highest BCUT2D eigenvalue weighted by Crippen LogP contribution is 2.30. The van der Waals surface area contributed by atoms with Crippen LogP contribution in [0, 0.1) is 5.92 Å². The summed E-state index contributed by atoms with van der Waals surface area (Å²) in [5.41, 5.74) is -0.177. The van der Waals surface area contributed by atoms with Crippen LogP contribution in [-0.2, 0) is 22.8 Å². The SMILES string of the molecule is CCCCOC(C(C)C1CCO1)[Si](OC)(OC)OC. The lowest BCUT2D eigenvalue weighted by molar-refractivity contribution is -0.120. The summed E-state index contributed by atoms with van der Waals surface area (Å²) in [4.78, 5) is 0. The van der Waals surface area contributed by atoms with Gasteiger partial charge < -0.3 is 22.8 Å². The summed E-state index contributed by atoms with van der Waals surface area (Å²) in [5, 5.41) is 0. The molecule has 0 aromatic rings. The summed E-state index contributed by atoms with van der Waals surface area (Å²) in [6.45, 7) is 5.80. The summed E-state index contributed by atoms with van der Waals surface area (Å²) in [6, 6.07) is 0. The van der Waals surface area contributed by atoms with Gasteiger partial charge in [0.25, 0.3) is 0 Å². The van der Waals surface area contributed by atoms with E-state index in [0.29, 0.717) is 6.61 Å². The van der Waals surface area contributed by atoms with Crippen molar-refractivity contribution >= 4 is 8.80 Å². The van der Waals surface area contributed by atoms with Crippen molar-refractivity contribution in [3.63, 3.8) is 0 Å². The van der Waals surface area contributed by atoms with Gasteiger partial charge in [0.05, 0.1) is 6.10 Å². The Morgan fingerprint density at radius 2 is 1.79 bits per heavy atom. The largest absolute Gasteiger partial charge is 0.531 e. The quantitative estimate of drug-likeness (QED) is 0.455. The maximum absolute atomic E-state index is 6.05. The lowest BCUT2D eigenvalue weighted by atomic mass is 9.99. The van der Waals surface area contributed by atoms with Crippen molar-refractivity contribution in [3.05, 3.63) is 0 Å². The fourth-order valence-corrected chi connectivity index (χ4v) is 4.77. The topological polar surface area (TPSA) is 46.2 Å². The Bertz CT molecular complexity index is 235. The minimum Gasteiger partial charge on any atom is -0.378 e. The molecule has 0 saturated carbocycles. The zero-order chi connectivity index (χ0) is 14.3. The third-order valence-corrected chi connectivity index (χ3v) is 6.89. The average molecular weight is 292 g/mol. The van der Waals surface area contributed by atoms with Gasteiger partial charge in [-0.2, -0.15) is 0 Å². The highest BCUT2D eigenvalue weighted by Gasteiger charge is 2.53. The molecule has 1 heterocycles. The minimum absolute atomic E-state index is 0.177. The zero-order valence-corrected chi connectivity index (χ0v) is 13.8. The first kappa shape index (κ1) is 17.1. The smallest absolute Gasteiger partial charge is 0.378 e. The van der Waals surface area contributed by atoms with Crippen molar-refractivity contribution in [3.8, 4) is 0 Å². The van der Waals surface area contributed by atoms with Gasteiger partial charge in [-0.05, 0) is 12.8 Å². The van der Waals surface area contributed by atoms with Gasteiger partial charge in [-0.1, -0.05) is 20.3 Å². The third kappa shape index (κ3) is 3.99. The lowest BCUT2D eigenvalue weighted by Gasteiger charge is -2.41. The minimum atomic E-state index is -2.81. The second-order valence-electron chi connectivity index (χ2n) is 4.92. The van der Waals surface area contributed by atoms with E-state index in [9.17, 15) is 0 Å². The van der Waals surface area contributed by atoms with Crippen LogP contribution in [0.3, 0.4) is 0 Å².